The van der Waals surface area contributed by atoms with Gasteiger partial charge in [0, 0.05) is 11.6 Å². The number of carbonyl (C=O) groups excluding carboxylic acids is 1. The Morgan fingerprint density at radius 3 is 2.84 bits per heavy atom. The van der Waals surface area contributed by atoms with E-state index in [9.17, 15) is 9.18 Å². The maximum atomic E-state index is 13.9. The van der Waals surface area contributed by atoms with E-state index in [2.05, 4.69) is 12.2 Å². The van der Waals surface area contributed by atoms with Gasteiger partial charge < -0.3 is 4.90 Å². The van der Waals surface area contributed by atoms with Crippen LogP contribution in [0.1, 0.15) is 37.9 Å². The molecule has 2 unspecified atom stereocenters. The Morgan fingerprint density at radius 2 is 2.16 bits per heavy atom. The second-order valence-electron chi connectivity index (χ2n) is 5.63. The summed E-state index contributed by atoms with van der Waals surface area (Å²) < 4.78 is 13.9. The molecule has 1 N–H and O–H groups in total. The Morgan fingerprint density at radius 1 is 1.42 bits per heavy atom. The molecule has 1 aromatic carbocycles. The van der Waals surface area contributed by atoms with Gasteiger partial charge in [-0.3, -0.25) is 10.1 Å². The van der Waals surface area contributed by atoms with Crippen LogP contribution in [0.5, 0.6) is 0 Å². The van der Waals surface area contributed by atoms with Crippen LogP contribution in [-0.4, -0.2) is 23.4 Å². The number of hydrogen-bond donors (Lipinski definition) is 1. The molecule has 3 rings (SSSR count). The minimum atomic E-state index is -0.317. The Labute approximate surface area is 112 Å². The van der Waals surface area contributed by atoms with E-state index in [4.69, 9.17) is 0 Å². The van der Waals surface area contributed by atoms with Gasteiger partial charge >= 0.3 is 0 Å². The third-order valence-electron chi connectivity index (χ3n) is 4.06. The first kappa shape index (κ1) is 12.6. The predicted molar refractivity (Wildman–Crippen MR) is 70.8 cm³/mol. The Balaban J connectivity index is 1.83. The molecule has 1 aliphatic heterocycles. The number of amides is 1. The van der Waals surface area contributed by atoms with Gasteiger partial charge in [0.25, 0.3) is 0 Å². The maximum Gasteiger partial charge on any atom is 0.238 e. The zero-order valence-electron chi connectivity index (χ0n) is 11.1. The van der Waals surface area contributed by atoms with Gasteiger partial charge in [-0.15, -0.1) is 0 Å². The summed E-state index contributed by atoms with van der Waals surface area (Å²) in [4.78, 5) is 13.9. The van der Waals surface area contributed by atoms with E-state index >= 15 is 0 Å². The van der Waals surface area contributed by atoms with Crippen LogP contribution in [0.25, 0.3) is 0 Å². The van der Waals surface area contributed by atoms with E-state index < -0.39 is 0 Å². The molecule has 1 aromatic rings. The first-order valence-corrected chi connectivity index (χ1v) is 6.96. The van der Waals surface area contributed by atoms with Crippen LogP contribution in [0.2, 0.25) is 0 Å². The lowest BCUT2D eigenvalue weighted by molar-refractivity contribution is -0.130. The third kappa shape index (κ3) is 2.50. The quantitative estimate of drug-likeness (QED) is 0.904. The predicted octanol–water partition coefficient (Wildman–Crippen LogP) is 2.44. The van der Waals surface area contributed by atoms with Gasteiger partial charge in [0.15, 0.2) is 0 Å². The van der Waals surface area contributed by atoms with E-state index in [1.165, 1.54) is 18.9 Å². The summed E-state index contributed by atoms with van der Waals surface area (Å²) in [5, 5.41) is 3.12. The van der Waals surface area contributed by atoms with Gasteiger partial charge in [-0.2, -0.15) is 0 Å². The monoisotopic (exact) mass is 262 g/mol. The molecule has 102 valence electrons. The molecule has 1 heterocycles. The number of nitrogens with one attached hydrogen (secondary N) is 1. The van der Waals surface area contributed by atoms with Crippen LogP contribution >= 0.6 is 0 Å². The lowest BCUT2D eigenvalue weighted by Crippen LogP contribution is -2.38. The first-order valence-electron chi connectivity index (χ1n) is 6.96. The van der Waals surface area contributed by atoms with E-state index in [0.717, 1.165) is 12.3 Å². The number of hydrogen-bond acceptors (Lipinski definition) is 2. The molecule has 3 nitrogen and oxygen atoms in total. The summed E-state index contributed by atoms with van der Waals surface area (Å²) in [7, 11) is 0. The maximum absolute atomic E-state index is 13.9. The molecule has 2 fully saturated rings. The first-order chi connectivity index (χ1) is 9.16. The minimum absolute atomic E-state index is 0.0707. The average Bonchev–Trinajstić information content (AvgIpc) is 3.11. The van der Waals surface area contributed by atoms with Crippen molar-refractivity contribution < 1.29 is 9.18 Å². The molecule has 0 bridgehead atoms. The third-order valence-corrected chi connectivity index (χ3v) is 4.06. The van der Waals surface area contributed by atoms with Gasteiger partial charge in [-0.25, -0.2) is 4.39 Å². The van der Waals surface area contributed by atoms with E-state index in [0.29, 0.717) is 12.1 Å². The van der Waals surface area contributed by atoms with Crippen LogP contribution in [0.4, 0.5) is 4.39 Å². The van der Waals surface area contributed by atoms with Crippen LogP contribution in [-0.2, 0) is 4.79 Å². The van der Waals surface area contributed by atoms with Crippen molar-refractivity contribution in [2.45, 2.75) is 38.4 Å². The summed E-state index contributed by atoms with van der Waals surface area (Å²) in [5.41, 5.74) is 0.566. The molecule has 2 atom stereocenters. The van der Waals surface area contributed by atoms with Crippen molar-refractivity contribution in [3.63, 3.8) is 0 Å². The SMILES string of the molecule is CC(CC1CC1)N1C(=O)CNC1c1ccccc1F. The molecular weight excluding hydrogens is 243 g/mol. The molecule has 0 radical (unpaired) electrons. The summed E-state index contributed by atoms with van der Waals surface area (Å²) in [6, 6.07) is 6.85. The number of rotatable bonds is 4. The van der Waals surface area contributed by atoms with Gasteiger partial charge in [-0.1, -0.05) is 31.0 Å². The number of benzene rings is 1. The normalized spacial score (nSPS) is 24.8. The van der Waals surface area contributed by atoms with Crippen molar-refractivity contribution in [1.29, 1.82) is 0 Å². The van der Waals surface area contributed by atoms with Gasteiger partial charge in [0.1, 0.15) is 12.0 Å². The van der Waals surface area contributed by atoms with Crippen LogP contribution in [0, 0.1) is 11.7 Å². The van der Waals surface area contributed by atoms with E-state index in [1.54, 1.807) is 12.1 Å². The van der Waals surface area contributed by atoms with Crippen molar-refractivity contribution in [2.24, 2.45) is 5.92 Å². The molecule has 1 aliphatic carbocycles. The standard InChI is InChI=1S/C15H19FN2O/c1-10(8-11-6-7-11)18-14(19)9-17-15(18)12-4-2-3-5-13(12)16/h2-5,10-11,15,17H,6-9H2,1H3. The fraction of sp³-hybridized carbons (Fsp3) is 0.533. The molecule has 1 saturated carbocycles. The molecule has 2 aliphatic rings. The van der Waals surface area contributed by atoms with Crippen molar-refractivity contribution in [3.05, 3.63) is 35.6 Å². The second kappa shape index (κ2) is 4.93. The molecule has 1 saturated heterocycles. The van der Waals surface area contributed by atoms with Crippen molar-refractivity contribution >= 4 is 5.91 Å². The highest BCUT2D eigenvalue weighted by molar-refractivity contribution is 5.81. The Bertz CT molecular complexity index is 487. The highest BCUT2D eigenvalue weighted by Gasteiger charge is 2.38. The highest BCUT2D eigenvalue weighted by atomic mass is 19.1. The zero-order valence-corrected chi connectivity index (χ0v) is 11.1. The molecule has 0 spiro atoms. The number of carbonyl (C=O) groups is 1. The Hall–Kier alpha value is -1.42. The van der Waals surface area contributed by atoms with Crippen molar-refractivity contribution in [2.75, 3.05) is 6.54 Å². The largest absolute Gasteiger partial charge is 0.319 e. The second-order valence-corrected chi connectivity index (χ2v) is 5.63. The molecule has 4 heteroatoms. The smallest absolute Gasteiger partial charge is 0.238 e. The van der Waals surface area contributed by atoms with Crippen LogP contribution in [0.3, 0.4) is 0 Å². The van der Waals surface area contributed by atoms with E-state index in [-0.39, 0.29) is 23.9 Å². The van der Waals surface area contributed by atoms with E-state index in [1.807, 2.05) is 11.0 Å². The minimum Gasteiger partial charge on any atom is -0.319 e. The summed E-state index contributed by atoms with van der Waals surface area (Å²) in [6.07, 6.45) is 3.25. The van der Waals surface area contributed by atoms with Gasteiger partial charge in [0.2, 0.25) is 5.91 Å². The molecular formula is C15H19FN2O. The van der Waals surface area contributed by atoms with Gasteiger partial charge in [-0.05, 0) is 25.3 Å². The van der Waals surface area contributed by atoms with Crippen molar-refractivity contribution in [3.8, 4) is 0 Å². The van der Waals surface area contributed by atoms with Crippen LogP contribution in [0.15, 0.2) is 24.3 Å². The topological polar surface area (TPSA) is 32.3 Å². The Kier molecular flexibility index (Phi) is 3.27. The number of halogens is 1. The lowest BCUT2D eigenvalue weighted by atomic mass is 10.1. The molecule has 1 amide bonds. The van der Waals surface area contributed by atoms with Crippen molar-refractivity contribution in [1.82, 2.24) is 10.2 Å². The lowest BCUT2D eigenvalue weighted by Gasteiger charge is -2.31. The highest BCUT2D eigenvalue weighted by Crippen LogP contribution is 2.37. The van der Waals surface area contributed by atoms with Crippen LogP contribution < -0.4 is 5.32 Å². The number of nitrogens with zero attached hydrogens (tertiary/aromatic N) is 1. The van der Waals surface area contributed by atoms with Gasteiger partial charge in [0.05, 0.1) is 6.54 Å². The summed E-state index contributed by atoms with van der Waals surface area (Å²) in [5.74, 6) is 0.574. The summed E-state index contributed by atoms with van der Waals surface area (Å²) >= 11 is 0. The molecule has 0 aromatic heterocycles. The zero-order chi connectivity index (χ0) is 13.4. The summed E-state index contributed by atoms with van der Waals surface area (Å²) in [6.45, 7) is 2.37. The molecule has 19 heavy (non-hydrogen) atoms. The fourth-order valence-electron chi connectivity index (χ4n) is 2.92. The average molecular weight is 262 g/mol. The fourth-order valence-corrected chi connectivity index (χ4v) is 2.92.